The highest BCUT2D eigenvalue weighted by Gasteiger charge is 2.62. The van der Waals surface area contributed by atoms with Crippen LogP contribution in [0.25, 0.3) is 0 Å². The van der Waals surface area contributed by atoms with E-state index in [1.807, 2.05) is 6.07 Å². The first kappa shape index (κ1) is 38.3. The highest BCUT2D eigenvalue weighted by molar-refractivity contribution is 6.35. The van der Waals surface area contributed by atoms with Gasteiger partial charge in [-0.15, -0.1) is 0 Å². The van der Waals surface area contributed by atoms with Gasteiger partial charge in [0.15, 0.2) is 0 Å². The summed E-state index contributed by atoms with van der Waals surface area (Å²) in [7, 11) is 0. The molecule has 0 aromatic heterocycles. The number of hydrogen-bond acceptors (Lipinski definition) is 6. The first-order valence-electron chi connectivity index (χ1n) is 16.7. The Morgan fingerprint density at radius 3 is 1.94 bits per heavy atom. The number of rotatable bonds is 7. The molecule has 274 valence electrons. The van der Waals surface area contributed by atoms with E-state index in [1.54, 1.807) is 37.8 Å². The maximum Gasteiger partial charge on any atom is 0.430 e. The summed E-state index contributed by atoms with van der Waals surface area (Å²) >= 11 is 18.4. The molecular formula is C35H42Cl3F3N4O5. The first-order valence-corrected chi connectivity index (χ1v) is 17.9. The number of nitrogens with zero attached hydrogens (tertiary/aromatic N) is 3. The Morgan fingerprint density at radius 2 is 1.42 bits per heavy atom. The fourth-order valence-corrected chi connectivity index (χ4v) is 7.71. The normalized spacial score (nSPS) is 19.5. The molecule has 1 atom stereocenters. The molecule has 3 aliphatic heterocycles. The molecule has 50 heavy (non-hydrogen) atoms. The largest absolute Gasteiger partial charge is 0.444 e. The van der Waals surface area contributed by atoms with Gasteiger partial charge in [0.25, 0.3) is 17.4 Å². The number of ether oxygens (including phenoxy) is 1. The molecule has 2 N–H and O–H groups in total. The molecule has 3 amide bonds. The number of carbonyl (C=O) groups is 3. The maximum absolute atomic E-state index is 14.2. The van der Waals surface area contributed by atoms with E-state index in [9.17, 15) is 32.7 Å². The molecule has 3 saturated heterocycles. The van der Waals surface area contributed by atoms with Gasteiger partial charge >= 0.3 is 12.3 Å². The van der Waals surface area contributed by atoms with Crippen LogP contribution in [-0.4, -0.2) is 89.9 Å². The standard InChI is InChI=1S/C35H42Cl3F3N4O5/c1-33(2,3)50-32(48)42-26-19-45(20-26)30(46)28-5-4-27(18-29(28)38)43-10-6-21(7-11-43)14-22-8-12-44(13-9-22)31(47)34(49,35(39,40)41)23-15-24(36)17-25(37)16-23/h4-5,15-18,21-22,26,49H,6-14,19-20H2,1-3H3,(H,42,48). The first-order chi connectivity index (χ1) is 23.3. The molecule has 9 nitrogen and oxygen atoms in total. The number of aliphatic hydroxyl groups is 1. The molecule has 2 aromatic rings. The summed E-state index contributed by atoms with van der Waals surface area (Å²) in [6.45, 7) is 7.88. The van der Waals surface area contributed by atoms with Crippen molar-refractivity contribution in [2.45, 2.75) is 76.3 Å². The molecule has 2 aromatic carbocycles. The van der Waals surface area contributed by atoms with Crippen molar-refractivity contribution >= 4 is 58.4 Å². The molecule has 0 spiro atoms. The van der Waals surface area contributed by atoms with E-state index in [0.717, 1.165) is 55.1 Å². The molecule has 1 unspecified atom stereocenters. The van der Waals surface area contributed by atoms with E-state index in [1.165, 1.54) is 6.07 Å². The number of benzene rings is 2. The Labute approximate surface area is 304 Å². The highest BCUT2D eigenvalue weighted by atomic mass is 35.5. The summed E-state index contributed by atoms with van der Waals surface area (Å²) in [4.78, 5) is 43.2. The lowest BCUT2D eigenvalue weighted by Gasteiger charge is -2.40. The van der Waals surface area contributed by atoms with Gasteiger partial charge in [-0.05, 0) is 101 Å². The number of halogens is 6. The summed E-state index contributed by atoms with van der Waals surface area (Å²) in [5, 5.41) is 13.7. The fraction of sp³-hybridized carbons (Fsp3) is 0.571. The topological polar surface area (TPSA) is 102 Å². The second-order valence-corrected chi connectivity index (χ2v) is 15.8. The molecule has 3 heterocycles. The average Bonchev–Trinajstić information content (AvgIpc) is 3.00. The van der Waals surface area contributed by atoms with Gasteiger partial charge in [-0.1, -0.05) is 34.8 Å². The van der Waals surface area contributed by atoms with Crippen molar-refractivity contribution in [3.63, 3.8) is 0 Å². The Kier molecular flexibility index (Phi) is 11.5. The zero-order valence-electron chi connectivity index (χ0n) is 28.2. The quantitative estimate of drug-likeness (QED) is 0.308. The van der Waals surface area contributed by atoms with Crippen LogP contribution in [-0.2, 0) is 15.1 Å². The van der Waals surface area contributed by atoms with E-state index >= 15 is 0 Å². The monoisotopic (exact) mass is 760 g/mol. The number of alkyl carbamates (subject to hydrolysis) is 1. The Hall–Kier alpha value is -2.93. The molecule has 5 rings (SSSR count). The van der Waals surface area contributed by atoms with Crippen LogP contribution in [0.3, 0.4) is 0 Å². The third kappa shape index (κ3) is 8.74. The van der Waals surface area contributed by atoms with Gasteiger partial charge < -0.3 is 29.9 Å². The van der Waals surface area contributed by atoms with Crippen LogP contribution < -0.4 is 10.2 Å². The lowest BCUT2D eigenvalue weighted by atomic mass is 9.82. The molecule has 0 radical (unpaired) electrons. The van der Waals surface area contributed by atoms with Gasteiger partial charge in [0, 0.05) is 60.6 Å². The molecule has 0 aliphatic carbocycles. The van der Waals surface area contributed by atoms with Crippen molar-refractivity contribution in [3.8, 4) is 0 Å². The van der Waals surface area contributed by atoms with Gasteiger partial charge in [0.1, 0.15) is 5.60 Å². The average molecular weight is 762 g/mol. The van der Waals surface area contributed by atoms with Gasteiger partial charge in [-0.2, -0.15) is 13.2 Å². The number of nitrogens with one attached hydrogen (secondary N) is 1. The van der Waals surface area contributed by atoms with Crippen molar-refractivity contribution in [1.29, 1.82) is 0 Å². The van der Waals surface area contributed by atoms with Crippen LogP contribution in [0.2, 0.25) is 15.1 Å². The minimum absolute atomic E-state index is 0.108. The maximum atomic E-state index is 14.2. The molecular weight excluding hydrogens is 720 g/mol. The van der Waals surface area contributed by atoms with E-state index in [2.05, 4.69) is 10.2 Å². The van der Waals surface area contributed by atoms with Crippen LogP contribution in [0.5, 0.6) is 0 Å². The number of alkyl halides is 3. The third-order valence-electron chi connectivity index (χ3n) is 9.62. The fourth-order valence-electron chi connectivity index (χ4n) is 6.92. The van der Waals surface area contributed by atoms with Gasteiger partial charge in [-0.25, -0.2) is 4.79 Å². The third-order valence-corrected chi connectivity index (χ3v) is 10.4. The number of carbonyl (C=O) groups excluding carboxylic acids is 3. The number of piperidine rings is 2. The Bertz CT molecular complexity index is 1560. The SMILES string of the molecule is CC(C)(C)OC(=O)NC1CN(C(=O)c2ccc(N3CCC(CC4CCN(C(=O)C(O)(c5cc(Cl)cc(Cl)c5)C(F)(F)F)CC4)CC3)cc2Cl)C1. The Morgan fingerprint density at radius 1 is 0.860 bits per heavy atom. The summed E-state index contributed by atoms with van der Waals surface area (Å²) in [5.41, 5.74) is -3.75. The van der Waals surface area contributed by atoms with E-state index in [-0.39, 0.29) is 41.0 Å². The van der Waals surface area contributed by atoms with Gasteiger partial charge in [0.2, 0.25) is 0 Å². The van der Waals surface area contributed by atoms with Crippen molar-refractivity contribution in [3.05, 3.63) is 62.6 Å². The van der Waals surface area contributed by atoms with E-state index in [0.29, 0.717) is 42.4 Å². The minimum atomic E-state index is -5.27. The lowest BCUT2D eigenvalue weighted by Crippen LogP contribution is -2.61. The van der Waals surface area contributed by atoms with Gasteiger partial charge in [0.05, 0.1) is 16.6 Å². The highest BCUT2D eigenvalue weighted by Crippen LogP contribution is 2.43. The van der Waals surface area contributed by atoms with Gasteiger partial charge in [-0.3, -0.25) is 9.59 Å². The van der Waals surface area contributed by atoms with E-state index < -0.39 is 34.9 Å². The van der Waals surface area contributed by atoms with Crippen molar-refractivity contribution < 1.29 is 37.4 Å². The van der Waals surface area contributed by atoms with Crippen LogP contribution in [0.4, 0.5) is 23.7 Å². The molecule has 3 fully saturated rings. The second-order valence-electron chi connectivity index (χ2n) is 14.5. The summed E-state index contributed by atoms with van der Waals surface area (Å²) in [5.74, 6) is -0.961. The number of hydrogen-bond donors (Lipinski definition) is 2. The predicted octanol–water partition coefficient (Wildman–Crippen LogP) is 7.29. The number of amides is 3. The predicted molar refractivity (Wildman–Crippen MR) is 186 cm³/mol. The van der Waals surface area contributed by atoms with Crippen molar-refractivity contribution in [1.82, 2.24) is 15.1 Å². The second kappa shape index (κ2) is 15.0. The zero-order chi connectivity index (χ0) is 36.6. The van der Waals surface area contributed by atoms with Crippen LogP contribution in [0.15, 0.2) is 36.4 Å². The van der Waals surface area contributed by atoms with Crippen molar-refractivity contribution in [2.75, 3.05) is 44.2 Å². The molecule has 0 saturated carbocycles. The summed E-state index contributed by atoms with van der Waals surface area (Å²) < 4.78 is 47.8. The summed E-state index contributed by atoms with van der Waals surface area (Å²) in [6.07, 6.45) is -1.98. The smallest absolute Gasteiger partial charge is 0.430 e. The zero-order valence-corrected chi connectivity index (χ0v) is 30.4. The van der Waals surface area contributed by atoms with E-state index in [4.69, 9.17) is 39.5 Å². The van der Waals surface area contributed by atoms with Crippen LogP contribution in [0, 0.1) is 11.8 Å². The lowest BCUT2D eigenvalue weighted by molar-refractivity contribution is -0.262. The Balaban J connectivity index is 1.08. The van der Waals surface area contributed by atoms with Crippen LogP contribution >= 0.6 is 34.8 Å². The number of anilines is 1. The van der Waals surface area contributed by atoms with Crippen LogP contribution in [0.1, 0.15) is 68.8 Å². The van der Waals surface area contributed by atoms with Crippen molar-refractivity contribution in [2.24, 2.45) is 11.8 Å². The number of likely N-dealkylation sites (tertiary alicyclic amines) is 2. The minimum Gasteiger partial charge on any atom is -0.444 e. The molecule has 0 bridgehead atoms. The molecule has 3 aliphatic rings. The summed E-state index contributed by atoms with van der Waals surface area (Å²) in [6, 6.07) is 8.30. The molecule has 15 heteroatoms.